The summed E-state index contributed by atoms with van der Waals surface area (Å²) < 4.78 is 6.73. The fraction of sp³-hybridized carbons (Fsp3) is 0.227. The predicted molar refractivity (Wildman–Crippen MR) is 127 cm³/mol. The van der Waals surface area contributed by atoms with Gasteiger partial charge in [-0.3, -0.25) is 10.1 Å². The lowest BCUT2D eigenvalue weighted by Gasteiger charge is -2.28. The van der Waals surface area contributed by atoms with Gasteiger partial charge in [-0.2, -0.15) is 4.98 Å². The highest BCUT2D eigenvalue weighted by molar-refractivity contribution is 7.98. The van der Waals surface area contributed by atoms with E-state index in [2.05, 4.69) is 15.4 Å². The number of aromatic hydroxyl groups is 1. The zero-order valence-electron chi connectivity index (χ0n) is 18.2. The topological polar surface area (TPSA) is 132 Å². The van der Waals surface area contributed by atoms with Crippen molar-refractivity contribution >= 4 is 41.0 Å². The number of ether oxygens (including phenoxy) is 1. The quantitative estimate of drug-likeness (QED) is 0.205. The van der Waals surface area contributed by atoms with Crippen molar-refractivity contribution in [2.75, 3.05) is 11.9 Å². The van der Waals surface area contributed by atoms with Crippen molar-refractivity contribution < 1.29 is 19.6 Å². The zero-order valence-corrected chi connectivity index (χ0v) is 19.8. The van der Waals surface area contributed by atoms with E-state index in [9.17, 15) is 20.0 Å². The predicted octanol–water partition coefficient (Wildman–Crippen LogP) is 4.69. The maximum Gasteiger partial charge on any atom is 0.338 e. The van der Waals surface area contributed by atoms with Gasteiger partial charge in [-0.1, -0.05) is 47.6 Å². The first-order chi connectivity index (χ1) is 16.3. The van der Waals surface area contributed by atoms with E-state index in [0.717, 1.165) is 5.56 Å². The number of phenols is 1. The number of hydrogen-bond acceptors (Lipinski definition) is 9. The Labute approximate surface area is 203 Å². The minimum absolute atomic E-state index is 0.154. The third kappa shape index (κ3) is 4.57. The number of esters is 1. The Morgan fingerprint density at radius 2 is 2.12 bits per heavy atom. The number of halogens is 1. The Hall–Kier alpha value is -3.57. The highest BCUT2D eigenvalue weighted by atomic mass is 35.5. The van der Waals surface area contributed by atoms with Gasteiger partial charge < -0.3 is 15.2 Å². The summed E-state index contributed by atoms with van der Waals surface area (Å²) in [6.07, 6.45) is 0. The number of hydrogen-bond donors (Lipinski definition) is 2. The summed E-state index contributed by atoms with van der Waals surface area (Å²) in [6, 6.07) is 10.5. The van der Waals surface area contributed by atoms with Crippen LogP contribution >= 0.6 is 23.4 Å². The molecule has 176 valence electrons. The van der Waals surface area contributed by atoms with Gasteiger partial charge in [0.1, 0.15) is 6.04 Å². The van der Waals surface area contributed by atoms with Crippen molar-refractivity contribution in [3.8, 4) is 5.75 Å². The Bertz CT molecular complexity index is 1310. The van der Waals surface area contributed by atoms with Crippen LogP contribution in [0.5, 0.6) is 5.75 Å². The Morgan fingerprint density at radius 3 is 2.82 bits per heavy atom. The number of anilines is 1. The van der Waals surface area contributed by atoms with Crippen LogP contribution in [0.4, 0.5) is 11.6 Å². The molecule has 4 rings (SSSR count). The van der Waals surface area contributed by atoms with Crippen LogP contribution in [0.1, 0.15) is 31.0 Å². The van der Waals surface area contributed by atoms with Gasteiger partial charge in [-0.15, -0.1) is 5.10 Å². The number of phenolic OH excluding ortho intramolecular Hbond substituents is 1. The molecule has 10 nitrogen and oxygen atoms in total. The number of allylic oxidation sites excluding steroid dienone is 1. The number of nitro groups is 1. The molecule has 0 spiro atoms. The van der Waals surface area contributed by atoms with Crippen molar-refractivity contribution in [3.63, 3.8) is 0 Å². The normalized spacial score (nSPS) is 15.0. The number of aromatic nitrogens is 3. The molecular formula is C22H20ClN5O5S. The minimum Gasteiger partial charge on any atom is -0.502 e. The summed E-state index contributed by atoms with van der Waals surface area (Å²) in [5, 5.41) is 30.0. The summed E-state index contributed by atoms with van der Waals surface area (Å²) in [7, 11) is 0. The molecule has 2 N–H and O–H groups in total. The van der Waals surface area contributed by atoms with Crippen LogP contribution < -0.4 is 5.32 Å². The van der Waals surface area contributed by atoms with E-state index < -0.39 is 28.4 Å². The van der Waals surface area contributed by atoms with E-state index >= 15 is 0 Å². The lowest BCUT2D eigenvalue weighted by atomic mass is 9.95. The van der Waals surface area contributed by atoms with Gasteiger partial charge in [0.15, 0.2) is 5.75 Å². The van der Waals surface area contributed by atoms with Crippen molar-refractivity contribution in [3.05, 3.63) is 80.0 Å². The van der Waals surface area contributed by atoms with Crippen LogP contribution in [0.25, 0.3) is 0 Å². The number of nitrogens with zero attached hydrogens (tertiary/aromatic N) is 4. The molecule has 1 aliphatic rings. The molecule has 3 aromatic rings. The van der Waals surface area contributed by atoms with Crippen LogP contribution in [0.3, 0.4) is 0 Å². The molecule has 0 bridgehead atoms. The van der Waals surface area contributed by atoms with Gasteiger partial charge in [0.05, 0.1) is 17.1 Å². The Kier molecular flexibility index (Phi) is 6.75. The number of carbonyl (C=O) groups excluding carboxylic acids is 1. The van der Waals surface area contributed by atoms with Crippen molar-refractivity contribution in [2.24, 2.45) is 0 Å². The van der Waals surface area contributed by atoms with Crippen LogP contribution in [0.15, 0.2) is 58.9 Å². The highest BCUT2D eigenvalue weighted by Gasteiger charge is 2.36. The number of fused-ring (bicyclic) bond motifs is 1. The molecule has 0 saturated carbocycles. The lowest BCUT2D eigenvalue weighted by Crippen LogP contribution is -2.29. The highest BCUT2D eigenvalue weighted by Crippen LogP contribution is 2.39. The molecule has 34 heavy (non-hydrogen) atoms. The molecule has 1 aromatic heterocycles. The number of thioether (sulfide) groups is 1. The van der Waals surface area contributed by atoms with E-state index in [4.69, 9.17) is 16.3 Å². The molecule has 2 aromatic carbocycles. The molecule has 2 heterocycles. The van der Waals surface area contributed by atoms with E-state index in [1.165, 1.54) is 34.6 Å². The van der Waals surface area contributed by atoms with Crippen LogP contribution in [0.2, 0.25) is 5.02 Å². The fourth-order valence-electron chi connectivity index (χ4n) is 3.59. The summed E-state index contributed by atoms with van der Waals surface area (Å²) >= 11 is 7.61. The number of rotatable bonds is 7. The average Bonchev–Trinajstić information content (AvgIpc) is 3.20. The molecule has 0 amide bonds. The van der Waals surface area contributed by atoms with Gasteiger partial charge in [-0.05, 0) is 37.1 Å². The molecule has 12 heteroatoms. The first kappa shape index (κ1) is 23.6. The van der Waals surface area contributed by atoms with Crippen LogP contribution in [-0.2, 0) is 15.3 Å². The number of benzene rings is 2. The molecule has 0 radical (unpaired) electrons. The maximum absolute atomic E-state index is 12.9. The third-order valence-corrected chi connectivity index (χ3v) is 6.41. The number of carbonyl (C=O) groups is 1. The van der Waals surface area contributed by atoms with E-state index in [1.54, 1.807) is 19.9 Å². The third-order valence-electron chi connectivity index (χ3n) is 5.16. The monoisotopic (exact) mass is 501 g/mol. The first-order valence-electron chi connectivity index (χ1n) is 10.2. The van der Waals surface area contributed by atoms with Crippen molar-refractivity contribution in [1.29, 1.82) is 0 Å². The molecule has 1 aliphatic heterocycles. The van der Waals surface area contributed by atoms with E-state index in [1.807, 2.05) is 18.2 Å². The largest absolute Gasteiger partial charge is 0.502 e. The second-order valence-corrected chi connectivity index (χ2v) is 8.68. The molecule has 0 fully saturated rings. The van der Waals surface area contributed by atoms with Gasteiger partial charge in [0, 0.05) is 22.5 Å². The number of nitro benzene ring substituents is 1. The smallest absolute Gasteiger partial charge is 0.338 e. The van der Waals surface area contributed by atoms with Crippen molar-refractivity contribution in [1.82, 2.24) is 14.8 Å². The van der Waals surface area contributed by atoms with E-state index in [-0.39, 0.29) is 12.2 Å². The summed E-state index contributed by atoms with van der Waals surface area (Å²) in [5.41, 5.74) is 1.54. The lowest BCUT2D eigenvalue weighted by molar-refractivity contribution is -0.385. The molecule has 1 atom stereocenters. The van der Waals surface area contributed by atoms with Crippen LogP contribution in [-0.4, -0.2) is 37.4 Å². The first-order valence-corrected chi connectivity index (χ1v) is 11.6. The molecule has 0 saturated heterocycles. The van der Waals surface area contributed by atoms with Gasteiger partial charge in [0.25, 0.3) is 0 Å². The summed E-state index contributed by atoms with van der Waals surface area (Å²) in [4.78, 5) is 28.1. The summed E-state index contributed by atoms with van der Waals surface area (Å²) in [6.45, 7) is 3.54. The second-order valence-electron chi connectivity index (χ2n) is 7.33. The Morgan fingerprint density at radius 1 is 1.35 bits per heavy atom. The second kappa shape index (κ2) is 9.74. The summed E-state index contributed by atoms with van der Waals surface area (Å²) in [5.74, 6) is -0.168. The fourth-order valence-corrected chi connectivity index (χ4v) is 4.70. The van der Waals surface area contributed by atoms with Gasteiger partial charge in [0.2, 0.25) is 11.1 Å². The van der Waals surface area contributed by atoms with E-state index in [0.29, 0.717) is 33.1 Å². The standard InChI is InChI=1S/C22H20ClN5O5S/c1-3-33-20(30)18-12(2)24-21-25-22(34-11-14-6-4-5-7-15(14)23)26-27(21)19(18)13-8-9-17(29)16(10-13)28(31)32/h4-10,19,29H,3,11H2,1-2H3,(H,24,25,26). The maximum atomic E-state index is 12.9. The SMILES string of the molecule is CCOC(=O)C1=C(C)Nc2nc(SCc3ccccc3Cl)nn2C1c1ccc(O)c([N+](=O)[O-])c1. The molecule has 0 aliphatic carbocycles. The van der Waals surface area contributed by atoms with Gasteiger partial charge in [-0.25, -0.2) is 9.48 Å². The number of nitrogens with one attached hydrogen (secondary N) is 1. The minimum atomic E-state index is -0.850. The average molecular weight is 502 g/mol. The van der Waals surface area contributed by atoms with Crippen LogP contribution in [0, 0.1) is 10.1 Å². The Balaban J connectivity index is 1.76. The van der Waals surface area contributed by atoms with Gasteiger partial charge >= 0.3 is 11.7 Å². The van der Waals surface area contributed by atoms with Crippen molar-refractivity contribution in [2.45, 2.75) is 30.8 Å². The molecule has 1 unspecified atom stereocenters. The molecular weight excluding hydrogens is 482 g/mol. The zero-order chi connectivity index (χ0) is 24.4.